The second-order valence-electron chi connectivity index (χ2n) is 7.66. The molecule has 0 aliphatic rings. The van der Waals surface area contributed by atoms with Crippen molar-refractivity contribution in [3.05, 3.63) is 77.3 Å². The molecule has 0 atom stereocenters. The first-order valence-corrected chi connectivity index (χ1v) is 13.3. The number of nitrogens with zero attached hydrogens (tertiary/aromatic N) is 1. The van der Waals surface area contributed by atoms with E-state index < -0.39 is 0 Å². The largest absolute Gasteiger partial charge is 0.494 e. The summed E-state index contributed by atoms with van der Waals surface area (Å²) in [6.45, 7) is 2.81. The molecule has 0 saturated heterocycles. The topological polar surface area (TPSA) is 80.3 Å². The van der Waals surface area contributed by atoms with Crippen LogP contribution in [0.3, 0.4) is 0 Å². The molecule has 0 radical (unpaired) electrons. The number of thioether (sulfide) groups is 1. The van der Waals surface area contributed by atoms with Crippen LogP contribution in [0.15, 0.2) is 71.1 Å². The highest BCUT2D eigenvalue weighted by atomic mass is 35.5. The van der Waals surface area contributed by atoms with Gasteiger partial charge in [-0.1, -0.05) is 48.8 Å². The van der Waals surface area contributed by atoms with Gasteiger partial charge in [0, 0.05) is 11.4 Å². The molecule has 0 fully saturated rings. The molecule has 3 aromatic carbocycles. The van der Waals surface area contributed by atoms with Gasteiger partial charge in [-0.05, 0) is 61.0 Å². The van der Waals surface area contributed by atoms with E-state index in [2.05, 4.69) is 22.5 Å². The maximum atomic E-state index is 12.5. The van der Waals surface area contributed by atoms with E-state index in [9.17, 15) is 9.59 Å². The Morgan fingerprint density at radius 3 is 2.57 bits per heavy atom. The quantitative estimate of drug-likeness (QED) is 0.170. The minimum Gasteiger partial charge on any atom is -0.494 e. The summed E-state index contributed by atoms with van der Waals surface area (Å²) in [5, 5.41) is 6.17. The zero-order chi connectivity index (χ0) is 24.6. The second kappa shape index (κ2) is 12.1. The Morgan fingerprint density at radius 2 is 1.80 bits per heavy atom. The van der Waals surface area contributed by atoms with Crippen molar-refractivity contribution >= 4 is 68.1 Å². The summed E-state index contributed by atoms with van der Waals surface area (Å²) < 4.78 is 7.35. The number of amides is 2. The first kappa shape index (κ1) is 25.0. The Bertz CT molecular complexity index is 1330. The van der Waals surface area contributed by atoms with Crippen LogP contribution >= 0.6 is 34.7 Å². The van der Waals surface area contributed by atoms with Crippen LogP contribution < -0.4 is 15.4 Å². The van der Waals surface area contributed by atoms with Crippen LogP contribution in [0.4, 0.5) is 11.4 Å². The molecule has 35 heavy (non-hydrogen) atoms. The number of unbranched alkanes of at least 4 members (excludes halogenated alkanes) is 1. The highest BCUT2D eigenvalue weighted by molar-refractivity contribution is 8.01. The maximum absolute atomic E-state index is 12.5. The standard InChI is InChI=1S/C26H24ClN3O3S2/c1-2-3-14-33-19-11-8-17(9-12-19)28-24(31)16-34-26-30-22-13-10-18(15-23(22)35-26)29-25(32)20-6-4-5-7-21(20)27/h4-13,15H,2-3,14,16H2,1H3,(H,28,31)(H,29,32). The number of ether oxygens (including phenoxy) is 1. The Hall–Kier alpha value is -3.07. The van der Waals surface area contributed by atoms with Gasteiger partial charge in [-0.15, -0.1) is 11.3 Å². The van der Waals surface area contributed by atoms with Crippen molar-refractivity contribution in [3.63, 3.8) is 0 Å². The van der Waals surface area contributed by atoms with Crippen LogP contribution in [0.2, 0.25) is 5.02 Å². The first-order chi connectivity index (χ1) is 17.0. The third kappa shape index (κ3) is 6.97. The van der Waals surface area contributed by atoms with Gasteiger partial charge in [0.2, 0.25) is 5.91 Å². The number of carbonyl (C=O) groups excluding carboxylic acids is 2. The normalized spacial score (nSPS) is 10.8. The molecular formula is C26H24ClN3O3S2. The number of hydrogen-bond acceptors (Lipinski definition) is 6. The van der Waals surface area contributed by atoms with Crippen molar-refractivity contribution in [2.75, 3.05) is 23.0 Å². The van der Waals surface area contributed by atoms with E-state index in [4.69, 9.17) is 16.3 Å². The van der Waals surface area contributed by atoms with Crippen LogP contribution in [-0.2, 0) is 4.79 Å². The molecule has 0 saturated carbocycles. The summed E-state index contributed by atoms with van der Waals surface area (Å²) in [5.41, 5.74) is 2.61. The van der Waals surface area contributed by atoms with Gasteiger partial charge in [-0.25, -0.2) is 4.98 Å². The highest BCUT2D eigenvalue weighted by Gasteiger charge is 2.12. The maximum Gasteiger partial charge on any atom is 0.257 e. The molecule has 6 nitrogen and oxygen atoms in total. The summed E-state index contributed by atoms with van der Waals surface area (Å²) in [5.74, 6) is 0.653. The predicted octanol–water partition coefficient (Wildman–Crippen LogP) is 7.11. The van der Waals surface area contributed by atoms with Crippen molar-refractivity contribution in [3.8, 4) is 5.75 Å². The number of carbonyl (C=O) groups is 2. The first-order valence-electron chi connectivity index (χ1n) is 11.1. The molecule has 0 spiro atoms. The van der Waals surface area contributed by atoms with Crippen LogP contribution in [0, 0.1) is 0 Å². The predicted molar refractivity (Wildman–Crippen MR) is 145 cm³/mol. The Kier molecular flexibility index (Phi) is 8.63. The van der Waals surface area contributed by atoms with Gasteiger partial charge in [0.05, 0.1) is 33.2 Å². The summed E-state index contributed by atoms with van der Waals surface area (Å²) >= 11 is 8.97. The van der Waals surface area contributed by atoms with Crippen molar-refractivity contribution in [1.29, 1.82) is 0 Å². The van der Waals surface area contributed by atoms with Crippen LogP contribution in [-0.4, -0.2) is 29.2 Å². The molecule has 1 aromatic heterocycles. The van der Waals surface area contributed by atoms with Gasteiger partial charge in [0.1, 0.15) is 5.75 Å². The average Bonchev–Trinajstić information content (AvgIpc) is 3.26. The lowest BCUT2D eigenvalue weighted by molar-refractivity contribution is -0.113. The van der Waals surface area contributed by atoms with Crippen LogP contribution in [0.5, 0.6) is 5.75 Å². The minimum atomic E-state index is -0.272. The fraction of sp³-hybridized carbons (Fsp3) is 0.192. The van der Waals surface area contributed by atoms with E-state index >= 15 is 0 Å². The number of thiazole rings is 1. The Morgan fingerprint density at radius 1 is 1.03 bits per heavy atom. The minimum absolute atomic E-state index is 0.110. The number of benzene rings is 3. The van der Waals surface area contributed by atoms with E-state index in [1.165, 1.54) is 23.1 Å². The van der Waals surface area contributed by atoms with Gasteiger partial charge in [0.25, 0.3) is 5.91 Å². The fourth-order valence-electron chi connectivity index (χ4n) is 3.18. The zero-order valence-electron chi connectivity index (χ0n) is 19.0. The van der Waals surface area contributed by atoms with Gasteiger partial charge in [-0.2, -0.15) is 0 Å². The highest BCUT2D eigenvalue weighted by Crippen LogP contribution is 2.31. The number of rotatable bonds is 10. The number of hydrogen-bond donors (Lipinski definition) is 2. The number of halogens is 1. The molecule has 0 bridgehead atoms. The summed E-state index contributed by atoms with van der Waals surface area (Å²) in [6.07, 6.45) is 2.10. The molecule has 0 unspecified atom stereocenters. The van der Waals surface area contributed by atoms with E-state index in [0.29, 0.717) is 22.9 Å². The number of anilines is 2. The molecule has 1 heterocycles. The Balaban J connectivity index is 1.31. The van der Waals surface area contributed by atoms with Gasteiger partial charge < -0.3 is 15.4 Å². The fourth-order valence-corrected chi connectivity index (χ4v) is 5.31. The zero-order valence-corrected chi connectivity index (χ0v) is 21.4. The molecule has 9 heteroatoms. The number of fused-ring (bicyclic) bond motifs is 1. The number of nitrogens with one attached hydrogen (secondary N) is 2. The van der Waals surface area contributed by atoms with Gasteiger partial charge in [-0.3, -0.25) is 9.59 Å². The molecule has 4 rings (SSSR count). The summed E-state index contributed by atoms with van der Waals surface area (Å²) in [7, 11) is 0. The lowest BCUT2D eigenvalue weighted by Gasteiger charge is -2.07. The molecule has 4 aromatic rings. The van der Waals surface area contributed by atoms with Crippen LogP contribution in [0.25, 0.3) is 10.2 Å². The SMILES string of the molecule is CCCCOc1ccc(NC(=O)CSc2nc3ccc(NC(=O)c4ccccc4Cl)cc3s2)cc1. The van der Waals surface area contributed by atoms with Crippen molar-refractivity contribution < 1.29 is 14.3 Å². The third-order valence-electron chi connectivity index (χ3n) is 4.98. The van der Waals surface area contributed by atoms with Gasteiger partial charge >= 0.3 is 0 Å². The number of aromatic nitrogens is 1. The van der Waals surface area contributed by atoms with E-state index in [-0.39, 0.29) is 17.6 Å². The lowest BCUT2D eigenvalue weighted by Crippen LogP contribution is -2.13. The molecular weight excluding hydrogens is 502 g/mol. The Labute approximate surface area is 217 Å². The third-order valence-corrected chi connectivity index (χ3v) is 7.47. The van der Waals surface area contributed by atoms with Crippen LogP contribution in [0.1, 0.15) is 30.1 Å². The molecule has 0 aliphatic heterocycles. The summed E-state index contributed by atoms with van der Waals surface area (Å²) in [4.78, 5) is 29.5. The molecule has 2 N–H and O–H groups in total. The van der Waals surface area contributed by atoms with E-state index in [0.717, 1.165) is 38.8 Å². The van der Waals surface area contributed by atoms with E-state index in [1.807, 2.05) is 36.4 Å². The molecule has 2 amide bonds. The van der Waals surface area contributed by atoms with Crippen molar-refractivity contribution in [1.82, 2.24) is 4.98 Å². The van der Waals surface area contributed by atoms with Crippen molar-refractivity contribution in [2.24, 2.45) is 0 Å². The van der Waals surface area contributed by atoms with Crippen molar-refractivity contribution in [2.45, 2.75) is 24.1 Å². The van der Waals surface area contributed by atoms with E-state index in [1.54, 1.807) is 30.3 Å². The monoisotopic (exact) mass is 525 g/mol. The smallest absolute Gasteiger partial charge is 0.257 e. The molecule has 180 valence electrons. The lowest BCUT2D eigenvalue weighted by atomic mass is 10.2. The molecule has 0 aliphatic carbocycles. The average molecular weight is 526 g/mol. The van der Waals surface area contributed by atoms with Gasteiger partial charge in [0.15, 0.2) is 4.34 Å². The summed E-state index contributed by atoms with van der Waals surface area (Å²) in [6, 6.07) is 19.8. The second-order valence-corrected chi connectivity index (χ2v) is 10.3.